The highest BCUT2D eigenvalue weighted by molar-refractivity contribution is 7.91. The highest BCUT2D eigenvalue weighted by Gasteiger charge is 2.54. The molecule has 76 valence electrons. The van der Waals surface area contributed by atoms with Gasteiger partial charge in [-0.05, 0) is 30.6 Å². The summed E-state index contributed by atoms with van der Waals surface area (Å²) < 4.78 is 22.8. The minimum atomic E-state index is -2.75. The number of hydrogen-bond donors (Lipinski definition) is 1. The van der Waals surface area contributed by atoms with Crippen LogP contribution in [0.15, 0.2) is 0 Å². The fourth-order valence-electron chi connectivity index (χ4n) is 2.43. The average molecular weight is 203 g/mol. The molecule has 0 spiro atoms. The van der Waals surface area contributed by atoms with Crippen molar-refractivity contribution in [2.24, 2.45) is 17.1 Å². The summed E-state index contributed by atoms with van der Waals surface area (Å²) in [4.78, 5) is 0. The summed E-state index contributed by atoms with van der Waals surface area (Å²) in [7, 11) is -2.75. The second-order valence-corrected chi connectivity index (χ2v) is 7.00. The maximum absolute atomic E-state index is 11.4. The van der Waals surface area contributed by atoms with Gasteiger partial charge < -0.3 is 5.73 Å². The fraction of sp³-hybridized carbons (Fsp3) is 1.00. The molecule has 0 aromatic rings. The maximum atomic E-state index is 11.4. The SMILES string of the molecule is CC1(C2CCCS(=O)(=O)C2)CC1N. The van der Waals surface area contributed by atoms with E-state index in [4.69, 9.17) is 5.73 Å². The molecule has 0 radical (unpaired) electrons. The molecule has 1 aliphatic heterocycles. The number of rotatable bonds is 1. The fourth-order valence-corrected chi connectivity index (χ4v) is 4.36. The zero-order valence-corrected chi connectivity index (χ0v) is 8.81. The van der Waals surface area contributed by atoms with Crippen molar-refractivity contribution in [2.45, 2.75) is 32.2 Å². The lowest BCUT2D eigenvalue weighted by Gasteiger charge is -2.27. The highest BCUT2D eigenvalue weighted by atomic mass is 32.2. The van der Waals surface area contributed by atoms with Crippen LogP contribution >= 0.6 is 0 Å². The van der Waals surface area contributed by atoms with Crippen molar-refractivity contribution in [3.8, 4) is 0 Å². The van der Waals surface area contributed by atoms with Crippen LogP contribution in [0, 0.1) is 11.3 Å². The molecule has 0 aromatic carbocycles. The molecule has 0 aromatic heterocycles. The first-order chi connectivity index (χ1) is 5.94. The Morgan fingerprint density at radius 2 is 2.08 bits per heavy atom. The molecule has 2 aliphatic rings. The molecular weight excluding hydrogens is 186 g/mol. The predicted molar refractivity (Wildman–Crippen MR) is 52.1 cm³/mol. The smallest absolute Gasteiger partial charge is 0.150 e. The van der Waals surface area contributed by atoms with Crippen molar-refractivity contribution < 1.29 is 8.42 Å². The molecule has 2 fully saturated rings. The third-order valence-electron chi connectivity index (χ3n) is 3.74. The molecule has 0 bridgehead atoms. The van der Waals surface area contributed by atoms with Gasteiger partial charge in [0.25, 0.3) is 0 Å². The second-order valence-electron chi connectivity index (χ2n) is 4.77. The summed E-state index contributed by atoms with van der Waals surface area (Å²) in [5, 5.41) is 0. The lowest BCUT2D eigenvalue weighted by Crippen LogP contribution is -2.32. The predicted octanol–water partition coefficient (Wildman–Crippen LogP) is 0.549. The van der Waals surface area contributed by atoms with E-state index < -0.39 is 9.84 Å². The summed E-state index contributed by atoms with van der Waals surface area (Å²) in [5.41, 5.74) is 5.96. The molecule has 2 N–H and O–H groups in total. The summed E-state index contributed by atoms with van der Waals surface area (Å²) in [6, 6.07) is 0.241. The lowest BCUT2D eigenvalue weighted by molar-refractivity contribution is 0.321. The van der Waals surface area contributed by atoms with Crippen LogP contribution in [-0.4, -0.2) is 26.0 Å². The van der Waals surface area contributed by atoms with Crippen molar-refractivity contribution in [2.75, 3.05) is 11.5 Å². The molecule has 3 unspecified atom stereocenters. The standard InChI is InChI=1S/C9H17NO2S/c1-9(5-8(9)10)7-3-2-4-13(11,12)6-7/h7-8H,2-6,10H2,1H3. The minimum Gasteiger partial charge on any atom is -0.327 e. The lowest BCUT2D eigenvalue weighted by atomic mass is 9.88. The van der Waals surface area contributed by atoms with Gasteiger partial charge in [0.05, 0.1) is 11.5 Å². The Morgan fingerprint density at radius 1 is 1.46 bits per heavy atom. The normalized spacial score (nSPS) is 48.8. The van der Waals surface area contributed by atoms with E-state index in [2.05, 4.69) is 6.92 Å². The van der Waals surface area contributed by atoms with E-state index in [-0.39, 0.29) is 11.5 Å². The van der Waals surface area contributed by atoms with Crippen LogP contribution in [0.5, 0.6) is 0 Å². The zero-order valence-electron chi connectivity index (χ0n) is 7.99. The van der Waals surface area contributed by atoms with Crippen LogP contribution in [0.2, 0.25) is 0 Å². The van der Waals surface area contributed by atoms with Gasteiger partial charge in [-0.3, -0.25) is 0 Å². The number of sulfone groups is 1. The van der Waals surface area contributed by atoms with E-state index in [0.29, 0.717) is 17.4 Å². The molecule has 1 saturated heterocycles. The molecule has 3 atom stereocenters. The highest BCUT2D eigenvalue weighted by Crippen LogP contribution is 2.53. The molecule has 1 saturated carbocycles. The summed E-state index contributed by atoms with van der Waals surface area (Å²) >= 11 is 0. The van der Waals surface area contributed by atoms with Crippen LogP contribution in [-0.2, 0) is 9.84 Å². The molecule has 4 heteroatoms. The third-order valence-corrected chi connectivity index (χ3v) is 5.56. The topological polar surface area (TPSA) is 60.2 Å². The van der Waals surface area contributed by atoms with Crippen molar-refractivity contribution in [3.63, 3.8) is 0 Å². The Morgan fingerprint density at radius 3 is 2.54 bits per heavy atom. The van der Waals surface area contributed by atoms with Gasteiger partial charge in [-0.1, -0.05) is 6.92 Å². The van der Waals surface area contributed by atoms with Gasteiger partial charge in [-0.25, -0.2) is 8.42 Å². The summed E-state index contributed by atoms with van der Waals surface area (Å²) in [6.45, 7) is 2.13. The first-order valence-electron chi connectivity index (χ1n) is 4.90. The Kier molecular flexibility index (Phi) is 1.97. The monoisotopic (exact) mass is 203 g/mol. The van der Waals surface area contributed by atoms with E-state index in [1.165, 1.54) is 0 Å². The van der Waals surface area contributed by atoms with Gasteiger partial charge in [0.2, 0.25) is 0 Å². The van der Waals surface area contributed by atoms with Crippen molar-refractivity contribution in [3.05, 3.63) is 0 Å². The van der Waals surface area contributed by atoms with Gasteiger partial charge in [-0.2, -0.15) is 0 Å². The summed E-state index contributed by atoms with van der Waals surface area (Å²) in [6.07, 6.45) is 2.88. The van der Waals surface area contributed by atoms with Crippen LogP contribution < -0.4 is 5.73 Å². The van der Waals surface area contributed by atoms with Crippen molar-refractivity contribution in [1.82, 2.24) is 0 Å². The molecule has 2 rings (SSSR count). The number of hydrogen-bond acceptors (Lipinski definition) is 3. The third kappa shape index (κ3) is 1.62. The van der Waals surface area contributed by atoms with Crippen LogP contribution in [0.1, 0.15) is 26.2 Å². The van der Waals surface area contributed by atoms with E-state index in [9.17, 15) is 8.42 Å². The Balaban J connectivity index is 2.10. The Hall–Kier alpha value is -0.0900. The van der Waals surface area contributed by atoms with Gasteiger partial charge in [-0.15, -0.1) is 0 Å². The molecule has 1 heterocycles. The molecule has 13 heavy (non-hydrogen) atoms. The quantitative estimate of drug-likeness (QED) is 0.677. The van der Waals surface area contributed by atoms with E-state index in [1.807, 2.05) is 0 Å². The van der Waals surface area contributed by atoms with Gasteiger partial charge in [0, 0.05) is 6.04 Å². The first kappa shape index (κ1) is 9.46. The van der Waals surface area contributed by atoms with E-state index in [1.54, 1.807) is 0 Å². The average Bonchev–Trinajstić information content (AvgIpc) is 2.59. The Bertz CT molecular complexity index is 312. The zero-order chi connectivity index (χ0) is 9.69. The molecule has 0 amide bonds. The van der Waals surface area contributed by atoms with Crippen LogP contribution in [0.3, 0.4) is 0 Å². The minimum absolute atomic E-state index is 0.132. The van der Waals surface area contributed by atoms with Crippen molar-refractivity contribution in [1.29, 1.82) is 0 Å². The Labute approximate surface area is 79.6 Å². The molecule has 1 aliphatic carbocycles. The number of nitrogens with two attached hydrogens (primary N) is 1. The van der Waals surface area contributed by atoms with E-state index in [0.717, 1.165) is 19.3 Å². The maximum Gasteiger partial charge on any atom is 0.150 e. The van der Waals surface area contributed by atoms with E-state index >= 15 is 0 Å². The second kappa shape index (κ2) is 2.70. The molecular formula is C9H17NO2S. The van der Waals surface area contributed by atoms with Crippen LogP contribution in [0.4, 0.5) is 0 Å². The van der Waals surface area contributed by atoms with Gasteiger partial charge in [0.15, 0.2) is 9.84 Å². The summed E-state index contributed by atoms with van der Waals surface area (Å²) in [5.74, 6) is 1.08. The van der Waals surface area contributed by atoms with Gasteiger partial charge in [0.1, 0.15) is 0 Å². The largest absolute Gasteiger partial charge is 0.327 e. The van der Waals surface area contributed by atoms with Crippen molar-refractivity contribution >= 4 is 9.84 Å². The van der Waals surface area contributed by atoms with Crippen LogP contribution in [0.25, 0.3) is 0 Å². The molecule has 3 nitrogen and oxygen atoms in total. The first-order valence-corrected chi connectivity index (χ1v) is 6.72. The van der Waals surface area contributed by atoms with Gasteiger partial charge >= 0.3 is 0 Å².